The monoisotopic (exact) mass is 486 g/mol. The summed E-state index contributed by atoms with van der Waals surface area (Å²) in [6.07, 6.45) is 8.19. The minimum absolute atomic E-state index is 0.00396. The van der Waals surface area contributed by atoms with Crippen molar-refractivity contribution in [3.63, 3.8) is 0 Å². The van der Waals surface area contributed by atoms with Crippen LogP contribution in [0, 0.1) is 29.6 Å². The summed E-state index contributed by atoms with van der Waals surface area (Å²) in [5, 5.41) is 10.6. The lowest BCUT2D eigenvalue weighted by Gasteiger charge is -2.24. The van der Waals surface area contributed by atoms with Crippen LogP contribution < -0.4 is 4.74 Å². The Morgan fingerprint density at radius 1 is 1.06 bits per heavy atom. The predicted octanol–water partition coefficient (Wildman–Crippen LogP) is 6.62. The quantitative estimate of drug-likeness (QED) is 0.381. The van der Waals surface area contributed by atoms with Crippen molar-refractivity contribution in [2.24, 2.45) is 17.8 Å². The Kier molecular flexibility index (Phi) is 8.86. The Balaban J connectivity index is 1.81. The fourth-order valence-corrected chi connectivity index (χ4v) is 5.89. The average molecular weight is 487 g/mol. The molecule has 0 radical (unpaired) electrons. The van der Waals surface area contributed by atoms with Crippen LogP contribution in [0.15, 0.2) is 42.5 Å². The van der Waals surface area contributed by atoms with Gasteiger partial charge in [0.2, 0.25) is 0 Å². The second-order valence-corrected chi connectivity index (χ2v) is 10.4. The third kappa shape index (κ3) is 6.19. The first-order valence-electron chi connectivity index (χ1n) is 13.5. The second-order valence-electron chi connectivity index (χ2n) is 10.4. The number of aromatic hydroxyl groups is 1. The van der Waals surface area contributed by atoms with Gasteiger partial charge in [-0.3, -0.25) is 9.59 Å². The Morgan fingerprint density at radius 2 is 1.86 bits per heavy atom. The Morgan fingerprint density at radius 3 is 2.61 bits per heavy atom. The van der Waals surface area contributed by atoms with Crippen LogP contribution in [0.3, 0.4) is 0 Å². The molecule has 4 rings (SSSR count). The van der Waals surface area contributed by atoms with E-state index < -0.39 is 0 Å². The van der Waals surface area contributed by atoms with Gasteiger partial charge in [-0.25, -0.2) is 0 Å². The van der Waals surface area contributed by atoms with E-state index in [4.69, 9.17) is 4.74 Å². The van der Waals surface area contributed by atoms with Crippen molar-refractivity contribution in [2.75, 3.05) is 7.11 Å². The topological polar surface area (TPSA) is 63.6 Å². The number of ketones is 2. The van der Waals surface area contributed by atoms with Gasteiger partial charge in [0.05, 0.1) is 19.4 Å². The van der Waals surface area contributed by atoms with Gasteiger partial charge in [0, 0.05) is 18.3 Å². The summed E-state index contributed by atoms with van der Waals surface area (Å²) in [6, 6.07) is 13.6. The highest BCUT2D eigenvalue weighted by atomic mass is 16.5. The molecule has 36 heavy (non-hydrogen) atoms. The summed E-state index contributed by atoms with van der Waals surface area (Å²) in [5.74, 6) is 7.65. The molecule has 2 aromatic carbocycles. The van der Waals surface area contributed by atoms with E-state index in [0.717, 1.165) is 55.2 Å². The van der Waals surface area contributed by atoms with E-state index in [1.165, 1.54) is 13.5 Å². The van der Waals surface area contributed by atoms with Crippen LogP contribution in [-0.4, -0.2) is 23.8 Å². The number of methoxy groups -OCH3 is 1. The molecule has 2 aliphatic rings. The molecule has 0 saturated heterocycles. The molecule has 2 aromatic rings. The van der Waals surface area contributed by atoms with Crippen molar-refractivity contribution in [3.05, 3.63) is 59.2 Å². The van der Waals surface area contributed by atoms with E-state index in [2.05, 4.69) is 30.9 Å². The number of aryl methyl sites for hydroxylation is 1. The van der Waals surface area contributed by atoms with Gasteiger partial charge < -0.3 is 9.84 Å². The number of fused-ring (bicyclic) bond motifs is 2. The molecule has 0 heterocycles. The molecule has 0 amide bonds. The lowest BCUT2D eigenvalue weighted by atomic mass is 9.78. The SMILES string of the molecule is CCCCC1CCCC2C#CC(c3ccccc3)c3cc(O)c(OC)cc3CCC(=O)CC(=O)C2C1. The van der Waals surface area contributed by atoms with Crippen LogP contribution in [0.25, 0.3) is 0 Å². The minimum Gasteiger partial charge on any atom is -0.504 e. The molecule has 2 aliphatic carbocycles. The van der Waals surface area contributed by atoms with E-state index in [1.54, 1.807) is 6.07 Å². The van der Waals surface area contributed by atoms with Gasteiger partial charge in [-0.2, -0.15) is 0 Å². The van der Waals surface area contributed by atoms with Crippen molar-refractivity contribution in [3.8, 4) is 23.3 Å². The third-order valence-electron chi connectivity index (χ3n) is 7.92. The Hall–Kier alpha value is -3.06. The van der Waals surface area contributed by atoms with E-state index in [0.29, 0.717) is 18.1 Å². The number of ether oxygens (including phenoxy) is 1. The zero-order valence-corrected chi connectivity index (χ0v) is 21.6. The maximum absolute atomic E-state index is 13.4. The standard InChI is InChI=1S/C32H38O4/c1-3-4-9-22-10-8-13-24-15-17-27(23-11-6-5-7-12-23)28-21-31(35)32(36-2)19-25(28)14-16-26(33)20-30(34)29(24)18-22/h5-7,11-12,19,21-22,24,27,29,35H,3-4,8-10,13-14,16,18,20H2,1-2H3. The molecule has 4 nitrogen and oxygen atoms in total. The molecular weight excluding hydrogens is 448 g/mol. The highest BCUT2D eigenvalue weighted by Crippen LogP contribution is 2.39. The highest BCUT2D eigenvalue weighted by molar-refractivity contribution is 6.00. The number of hydrogen-bond donors (Lipinski definition) is 1. The van der Waals surface area contributed by atoms with E-state index in [9.17, 15) is 14.7 Å². The van der Waals surface area contributed by atoms with Gasteiger partial charge in [0.1, 0.15) is 11.6 Å². The molecule has 0 bridgehead atoms. The summed E-state index contributed by atoms with van der Waals surface area (Å²) in [6.45, 7) is 2.21. The van der Waals surface area contributed by atoms with Crippen molar-refractivity contribution >= 4 is 11.6 Å². The Labute approximate surface area is 215 Å². The molecule has 4 atom stereocenters. The number of carbonyl (C=O) groups is 2. The fourth-order valence-electron chi connectivity index (χ4n) is 5.89. The van der Waals surface area contributed by atoms with E-state index in [-0.39, 0.29) is 47.9 Å². The largest absolute Gasteiger partial charge is 0.504 e. The number of phenols is 1. The van der Waals surface area contributed by atoms with Crippen LogP contribution in [-0.2, 0) is 16.0 Å². The first kappa shape index (κ1) is 26.0. The van der Waals surface area contributed by atoms with Crippen LogP contribution in [0.5, 0.6) is 11.5 Å². The van der Waals surface area contributed by atoms with E-state index in [1.807, 2.05) is 24.3 Å². The number of Topliss-reactive ketones (excluding diaryl/α,β-unsaturated/α-hetero) is 2. The number of hydrogen-bond acceptors (Lipinski definition) is 4. The van der Waals surface area contributed by atoms with Gasteiger partial charge in [-0.15, -0.1) is 0 Å². The molecular formula is C32H38O4. The number of unbranched alkanes of at least 4 members (excludes halogenated alkanes) is 1. The summed E-state index contributed by atoms with van der Waals surface area (Å²) in [7, 11) is 1.52. The zero-order valence-electron chi connectivity index (χ0n) is 21.6. The van der Waals surface area contributed by atoms with Crippen molar-refractivity contribution in [1.82, 2.24) is 0 Å². The number of benzene rings is 2. The zero-order chi connectivity index (χ0) is 25.5. The molecule has 4 heteroatoms. The van der Waals surface area contributed by atoms with Gasteiger partial charge in [-0.05, 0) is 54.0 Å². The highest BCUT2D eigenvalue weighted by Gasteiger charge is 2.33. The normalized spacial score (nSPS) is 24.7. The molecule has 0 spiro atoms. The van der Waals surface area contributed by atoms with Crippen molar-refractivity contribution in [2.45, 2.75) is 77.0 Å². The van der Waals surface area contributed by atoms with Crippen LogP contribution >= 0.6 is 0 Å². The van der Waals surface area contributed by atoms with Crippen LogP contribution in [0.4, 0.5) is 0 Å². The fraction of sp³-hybridized carbons (Fsp3) is 0.500. The van der Waals surface area contributed by atoms with Gasteiger partial charge >= 0.3 is 0 Å². The molecule has 1 saturated carbocycles. The molecule has 190 valence electrons. The molecule has 1 N–H and O–H groups in total. The summed E-state index contributed by atoms with van der Waals surface area (Å²) < 4.78 is 5.37. The van der Waals surface area contributed by atoms with Gasteiger partial charge in [0.15, 0.2) is 11.5 Å². The van der Waals surface area contributed by atoms with E-state index >= 15 is 0 Å². The summed E-state index contributed by atoms with van der Waals surface area (Å²) in [4.78, 5) is 26.4. The first-order chi connectivity index (χ1) is 17.5. The minimum atomic E-state index is -0.262. The van der Waals surface area contributed by atoms with Crippen molar-refractivity contribution in [1.29, 1.82) is 0 Å². The van der Waals surface area contributed by atoms with Crippen LogP contribution in [0.1, 0.15) is 87.3 Å². The summed E-state index contributed by atoms with van der Waals surface area (Å²) in [5.41, 5.74) is 2.86. The average Bonchev–Trinajstić information content (AvgIpc) is 3.09. The maximum atomic E-state index is 13.4. The number of rotatable bonds is 5. The van der Waals surface area contributed by atoms with Gasteiger partial charge in [-0.1, -0.05) is 81.2 Å². The Bertz CT molecular complexity index is 1120. The second kappa shape index (κ2) is 12.3. The van der Waals surface area contributed by atoms with Crippen molar-refractivity contribution < 1.29 is 19.4 Å². The smallest absolute Gasteiger partial charge is 0.160 e. The molecule has 1 fully saturated rings. The molecule has 0 aromatic heterocycles. The van der Waals surface area contributed by atoms with Crippen LogP contribution in [0.2, 0.25) is 0 Å². The number of carbonyl (C=O) groups excluding carboxylic acids is 2. The maximum Gasteiger partial charge on any atom is 0.160 e. The third-order valence-corrected chi connectivity index (χ3v) is 7.92. The van der Waals surface area contributed by atoms with Gasteiger partial charge in [0.25, 0.3) is 0 Å². The predicted molar refractivity (Wildman–Crippen MR) is 142 cm³/mol. The lowest BCUT2D eigenvalue weighted by molar-refractivity contribution is -0.130. The summed E-state index contributed by atoms with van der Waals surface area (Å²) >= 11 is 0. The first-order valence-corrected chi connectivity index (χ1v) is 13.5. The molecule has 4 unspecified atom stereocenters. The number of phenolic OH excluding ortho intramolecular Hbond substituents is 1. The lowest BCUT2D eigenvalue weighted by Crippen LogP contribution is -2.26. The molecule has 0 aliphatic heterocycles.